The van der Waals surface area contributed by atoms with Crippen LogP contribution in [0.2, 0.25) is 0 Å². The average molecular weight is 375 g/mol. The van der Waals surface area contributed by atoms with Gasteiger partial charge in [-0.3, -0.25) is 9.59 Å². The molecule has 0 aromatic heterocycles. The molecule has 2 N–H and O–H groups in total. The van der Waals surface area contributed by atoms with Crippen LogP contribution in [0.4, 0.5) is 24.5 Å². The van der Waals surface area contributed by atoms with Gasteiger partial charge in [0, 0.05) is 19.0 Å². The summed E-state index contributed by atoms with van der Waals surface area (Å²) in [5.41, 5.74) is -0.147. The number of hydrogen-bond donors (Lipinski definition) is 2. The van der Waals surface area contributed by atoms with Crippen LogP contribution >= 0.6 is 0 Å². The summed E-state index contributed by atoms with van der Waals surface area (Å²) in [6, 6.07) is 11.7. The minimum Gasteiger partial charge on any atom is -0.326 e. The normalized spacial score (nSPS) is 10.8. The van der Waals surface area contributed by atoms with E-state index in [4.69, 9.17) is 5.26 Å². The number of nitrogens with zero attached hydrogens (tertiary/aromatic N) is 1. The van der Waals surface area contributed by atoms with Crippen molar-refractivity contribution in [1.29, 1.82) is 5.26 Å². The molecule has 5 nitrogen and oxygen atoms in total. The molecule has 2 rings (SSSR count). The quantitative estimate of drug-likeness (QED) is 0.825. The Labute approximate surface area is 153 Å². The number of benzene rings is 2. The molecule has 8 heteroatoms. The highest BCUT2D eigenvalue weighted by Gasteiger charge is 2.34. The first kappa shape index (κ1) is 20.0. The van der Waals surface area contributed by atoms with Gasteiger partial charge in [0.2, 0.25) is 11.8 Å². The summed E-state index contributed by atoms with van der Waals surface area (Å²) in [5, 5.41) is 13.3. The van der Waals surface area contributed by atoms with Crippen LogP contribution in [0.25, 0.3) is 0 Å². The summed E-state index contributed by atoms with van der Waals surface area (Å²) in [5.74, 6) is -1.07. The highest BCUT2D eigenvalue weighted by molar-refractivity contribution is 5.93. The monoisotopic (exact) mass is 375 g/mol. The Bertz CT molecular complexity index is 885. The van der Waals surface area contributed by atoms with Crippen molar-refractivity contribution >= 4 is 23.2 Å². The topological polar surface area (TPSA) is 82.0 Å². The number of carbonyl (C=O) groups excluding carboxylic acids is 2. The van der Waals surface area contributed by atoms with E-state index in [1.807, 2.05) is 6.07 Å². The fourth-order valence-corrected chi connectivity index (χ4v) is 2.39. The zero-order valence-electron chi connectivity index (χ0n) is 14.4. The second-order valence-electron chi connectivity index (χ2n) is 5.80. The van der Waals surface area contributed by atoms with E-state index in [1.165, 1.54) is 13.0 Å². The van der Waals surface area contributed by atoms with Gasteiger partial charge in [0.1, 0.15) is 0 Å². The first-order chi connectivity index (χ1) is 12.7. The maximum absolute atomic E-state index is 13.2. The minimum absolute atomic E-state index is 0.00888. The molecular weight excluding hydrogens is 359 g/mol. The van der Waals surface area contributed by atoms with Crippen LogP contribution in [0.3, 0.4) is 0 Å². The molecule has 0 bridgehead atoms. The van der Waals surface area contributed by atoms with Crippen molar-refractivity contribution in [2.75, 3.05) is 10.6 Å². The lowest BCUT2D eigenvalue weighted by Crippen LogP contribution is -2.17. The maximum atomic E-state index is 13.2. The lowest BCUT2D eigenvalue weighted by atomic mass is 10.1. The van der Waals surface area contributed by atoms with Gasteiger partial charge in [0.05, 0.1) is 22.9 Å². The predicted octanol–water partition coefficient (Wildman–Crippen LogP) is 4.11. The smallest absolute Gasteiger partial charge is 0.326 e. The molecule has 0 atom stereocenters. The molecule has 0 aliphatic rings. The molecule has 27 heavy (non-hydrogen) atoms. The van der Waals surface area contributed by atoms with Crippen LogP contribution in [0.1, 0.15) is 30.0 Å². The van der Waals surface area contributed by atoms with Crippen molar-refractivity contribution in [2.24, 2.45) is 0 Å². The molecule has 0 aliphatic carbocycles. The van der Waals surface area contributed by atoms with Gasteiger partial charge in [-0.15, -0.1) is 0 Å². The Morgan fingerprint density at radius 1 is 1.07 bits per heavy atom. The molecule has 2 amide bonds. The van der Waals surface area contributed by atoms with Gasteiger partial charge >= 0.3 is 6.18 Å². The number of nitriles is 1. The Kier molecular flexibility index (Phi) is 6.19. The second kappa shape index (κ2) is 8.36. The van der Waals surface area contributed by atoms with E-state index < -0.39 is 23.6 Å². The maximum Gasteiger partial charge on any atom is 0.418 e. The van der Waals surface area contributed by atoms with Gasteiger partial charge in [-0.1, -0.05) is 12.1 Å². The van der Waals surface area contributed by atoms with E-state index in [0.717, 1.165) is 17.7 Å². The third-order valence-corrected chi connectivity index (χ3v) is 3.64. The van der Waals surface area contributed by atoms with E-state index in [9.17, 15) is 22.8 Å². The summed E-state index contributed by atoms with van der Waals surface area (Å²) in [6.07, 6.45) is -4.39. The summed E-state index contributed by atoms with van der Waals surface area (Å²) < 4.78 is 39.7. The van der Waals surface area contributed by atoms with Gasteiger partial charge in [-0.05, 0) is 42.3 Å². The number of aryl methyl sites for hydroxylation is 1. The van der Waals surface area contributed by atoms with Crippen LogP contribution in [0, 0.1) is 11.3 Å². The lowest BCUT2D eigenvalue weighted by Gasteiger charge is -2.15. The standard InChI is InChI=1S/C19H16F3N3O2/c1-12(26)24-15-7-8-17(16(10-15)19(20,21)22)25-18(27)9-6-13-2-4-14(11-23)5-3-13/h2-5,7-8,10H,6,9H2,1H3,(H,24,26)(H,25,27). The average Bonchev–Trinajstić information content (AvgIpc) is 2.60. The molecule has 0 heterocycles. The van der Waals surface area contributed by atoms with Gasteiger partial charge in [0.25, 0.3) is 0 Å². The van der Waals surface area contributed by atoms with E-state index >= 15 is 0 Å². The number of nitrogens with one attached hydrogen (secondary N) is 2. The number of halogens is 3. The fourth-order valence-electron chi connectivity index (χ4n) is 2.39. The van der Waals surface area contributed by atoms with Crippen molar-refractivity contribution in [3.63, 3.8) is 0 Å². The second-order valence-corrected chi connectivity index (χ2v) is 5.80. The highest BCUT2D eigenvalue weighted by atomic mass is 19.4. The van der Waals surface area contributed by atoms with Crippen LogP contribution in [0.15, 0.2) is 42.5 Å². The lowest BCUT2D eigenvalue weighted by molar-refractivity contribution is -0.137. The molecule has 0 radical (unpaired) electrons. The SMILES string of the molecule is CC(=O)Nc1ccc(NC(=O)CCc2ccc(C#N)cc2)c(C(F)(F)F)c1. The molecular formula is C19H16F3N3O2. The van der Waals surface area contributed by atoms with Crippen molar-refractivity contribution in [2.45, 2.75) is 25.9 Å². The third-order valence-electron chi connectivity index (χ3n) is 3.64. The Morgan fingerprint density at radius 3 is 2.30 bits per heavy atom. The first-order valence-electron chi connectivity index (χ1n) is 7.97. The molecule has 0 saturated heterocycles. The largest absolute Gasteiger partial charge is 0.418 e. The molecule has 0 fully saturated rings. The Balaban J connectivity index is 2.09. The van der Waals surface area contributed by atoms with E-state index in [0.29, 0.717) is 12.0 Å². The van der Waals surface area contributed by atoms with Crippen LogP contribution in [-0.2, 0) is 22.2 Å². The number of rotatable bonds is 5. The van der Waals surface area contributed by atoms with Gasteiger partial charge in [0.15, 0.2) is 0 Å². The number of alkyl halides is 3. The molecule has 0 unspecified atom stereocenters. The molecule has 0 spiro atoms. The highest BCUT2D eigenvalue weighted by Crippen LogP contribution is 2.36. The Hall–Kier alpha value is -3.34. The van der Waals surface area contributed by atoms with Crippen molar-refractivity contribution in [1.82, 2.24) is 0 Å². The zero-order chi connectivity index (χ0) is 20.0. The van der Waals surface area contributed by atoms with Crippen LogP contribution in [0.5, 0.6) is 0 Å². The molecule has 0 saturated carbocycles. The van der Waals surface area contributed by atoms with E-state index in [2.05, 4.69) is 10.6 Å². The molecule has 0 aliphatic heterocycles. The number of amides is 2. The summed E-state index contributed by atoms with van der Waals surface area (Å²) in [6.45, 7) is 1.19. The van der Waals surface area contributed by atoms with Crippen molar-refractivity contribution in [3.8, 4) is 6.07 Å². The minimum atomic E-state index is -4.69. The third kappa shape index (κ3) is 5.85. The van der Waals surface area contributed by atoms with Crippen LogP contribution < -0.4 is 10.6 Å². The van der Waals surface area contributed by atoms with Crippen molar-refractivity contribution in [3.05, 3.63) is 59.2 Å². The number of hydrogen-bond acceptors (Lipinski definition) is 3. The van der Waals surface area contributed by atoms with Gasteiger partial charge in [-0.2, -0.15) is 18.4 Å². The fraction of sp³-hybridized carbons (Fsp3) is 0.211. The summed E-state index contributed by atoms with van der Waals surface area (Å²) >= 11 is 0. The molecule has 2 aromatic rings. The molecule has 2 aromatic carbocycles. The van der Waals surface area contributed by atoms with E-state index in [-0.39, 0.29) is 17.8 Å². The number of carbonyl (C=O) groups is 2. The summed E-state index contributed by atoms with van der Waals surface area (Å²) in [4.78, 5) is 23.1. The van der Waals surface area contributed by atoms with Crippen LogP contribution in [-0.4, -0.2) is 11.8 Å². The summed E-state index contributed by atoms with van der Waals surface area (Å²) in [7, 11) is 0. The zero-order valence-corrected chi connectivity index (χ0v) is 14.4. The number of anilines is 2. The first-order valence-corrected chi connectivity index (χ1v) is 7.97. The van der Waals surface area contributed by atoms with Crippen molar-refractivity contribution < 1.29 is 22.8 Å². The predicted molar refractivity (Wildman–Crippen MR) is 93.9 cm³/mol. The van der Waals surface area contributed by atoms with Gasteiger partial charge in [-0.25, -0.2) is 0 Å². The van der Waals surface area contributed by atoms with E-state index in [1.54, 1.807) is 24.3 Å². The molecule has 140 valence electrons. The Morgan fingerprint density at radius 2 is 1.74 bits per heavy atom. The van der Waals surface area contributed by atoms with Gasteiger partial charge < -0.3 is 10.6 Å².